The van der Waals surface area contributed by atoms with E-state index in [2.05, 4.69) is 57.2 Å². The predicted octanol–water partition coefficient (Wildman–Crippen LogP) is 18.9. The molecule has 0 aromatic heterocycles. The number of esters is 3. The van der Waals surface area contributed by atoms with Crippen LogP contribution in [0.5, 0.6) is 0 Å². The number of carbonyl (C=O) groups is 3. The lowest BCUT2D eigenvalue weighted by molar-refractivity contribution is -0.167. The Morgan fingerprint density at radius 3 is 0.954 bits per heavy atom. The summed E-state index contributed by atoms with van der Waals surface area (Å²) in [6.45, 7) is 6.58. The highest BCUT2D eigenvalue weighted by Gasteiger charge is 2.19. The van der Waals surface area contributed by atoms with Crippen molar-refractivity contribution in [3.63, 3.8) is 0 Å². The fourth-order valence-corrected chi connectivity index (χ4v) is 8.30. The Bertz CT molecular complexity index is 1090. The zero-order chi connectivity index (χ0) is 47.2. The van der Waals surface area contributed by atoms with Crippen molar-refractivity contribution in [1.82, 2.24) is 0 Å². The fraction of sp³-hybridized carbons (Fsp3) is 0.847. The average molecular weight is 914 g/mol. The van der Waals surface area contributed by atoms with Crippen LogP contribution in [-0.2, 0) is 28.6 Å². The van der Waals surface area contributed by atoms with Gasteiger partial charge in [0.25, 0.3) is 0 Å². The van der Waals surface area contributed by atoms with E-state index in [1.54, 1.807) is 0 Å². The van der Waals surface area contributed by atoms with Gasteiger partial charge in [0.1, 0.15) is 13.2 Å². The molecule has 6 nitrogen and oxygen atoms in total. The topological polar surface area (TPSA) is 78.9 Å². The molecule has 0 N–H and O–H groups in total. The van der Waals surface area contributed by atoms with E-state index in [-0.39, 0.29) is 31.1 Å². The van der Waals surface area contributed by atoms with Crippen LogP contribution in [0.4, 0.5) is 0 Å². The fourth-order valence-electron chi connectivity index (χ4n) is 8.30. The Morgan fingerprint density at radius 1 is 0.308 bits per heavy atom. The molecule has 0 rings (SSSR count). The Hall–Kier alpha value is -2.37. The smallest absolute Gasteiger partial charge is 0.306 e. The van der Waals surface area contributed by atoms with Crippen LogP contribution in [0, 0.1) is 0 Å². The summed E-state index contributed by atoms with van der Waals surface area (Å²) in [7, 11) is 0. The lowest BCUT2D eigenvalue weighted by atomic mass is 10.0. The van der Waals surface area contributed by atoms with Crippen LogP contribution in [0.25, 0.3) is 0 Å². The normalized spacial score (nSPS) is 12.2. The second-order valence-electron chi connectivity index (χ2n) is 19.2. The summed E-state index contributed by atoms with van der Waals surface area (Å²) in [6, 6.07) is 0. The number of hydrogen-bond acceptors (Lipinski definition) is 6. The van der Waals surface area contributed by atoms with Gasteiger partial charge in [-0.1, -0.05) is 250 Å². The van der Waals surface area contributed by atoms with Gasteiger partial charge in [0.05, 0.1) is 0 Å². The second-order valence-corrected chi connectivity index (χ2v) is 19.2. The summed E-state index contributed by atoms with van der Waals surface area (Å²) in [5, 5.41) is 0. The average Bonchev–Trinajstić information content (AvgIpc) is 3.30. The number of unbranched alkanes of at least 4 members (excludes halogenated alkanes) is 35. The Balaban J connectivity index is 4.27. The van der Waals surface area contributed by atoms with Gasteiger partial charge in [0.2, 0.25) is 0 Å². The molecular formula is C59H108O6. The van der Waals surface area contributed by atoms with Gasteiger partial charge in [-0.05, 0) is 70.6 Å². The molecule has 0 bridgehead atoms. The Labute approximate surface area is 404 Å². The molecule has 0 amide bonds. The first-order chi connectivity index (χ1) is 32.0. The molecule has 0 spiro atoms. The van der Waals surface area contributed by atoms with E-state index in [0.717, 1.165) is 83.5 Å². The van der Waals surface area contributed by atoms with E-state index >= 15 is 0 Å². The molecule has 0 saturated carbocycles. The highest BCUT2D eigenvalue weighted by Crippen LogP contribution is 2.17. The van der Waals surface area contributed by atoms with Crippen molar-refractivity contribution in [2.24, 2.45) is 0 Å². The molecule has 0 radical (unpaired) electrons. The zero-order valence-corrected chi connectivity index (χ0v) is 43.5. The number of hydrogen-bond donors (Lipinski definition) is 0. The van der Waals surface area contributed by atoms with Gasteiger partial charge in [-0.25, -0.2) is 0 Å². The summed E-state index contributed by atoms with van der Waals surface area (Å²) in [5.41, 5.74) is 0. The van der Waals surface area contributed by atoms with Crippen LogP contribution in [-0.4, -0.2) is 37.2 Å². The molecule has 0 aromatic rings. The van der Waals surface area contributed by atoms with Crippen LogP contribution in [0.2, 0.25) is 0 Å². The third-order valence-corrected chi connectivity index (χ3v) is 12.6. The molecule has 6 heteroatoms. The maximum Gasteiger partial charge on any atom is 0.306 e. The van der Waals surface area contributed by atoms with Gasteiger partial charge in [-0.2, -0.15) is 0 Å². The van der Waals surface area contributed by atoms with E-state index in [4.69, 9.17) is 14.2 Å². The van der Waals surface area contributed by atoms with E-state index in [0.29, 0.717) is 19.3 Å². The molecule has 0 aliphatic heterocycles. The predicted molar refractivity (Wildman–Crippen MR) is 279 cm³/mol. The van der Waals surface area contributed by atoms with Gasteiger partial charge >= 0.3 is 17.9 Å². The van der Waals surface area contributed by atoms with Gasteiger partial charge in [-0.15, -0.1) is 0 Å². The molecule has 0 aromatic carbocycles. The van der Waals surface area contributed by atoms with Crippen LogP contribution < -0.4 is 0 Å². The molecule has 380 valence electrons. The molecule has 0 heterocycles. The summed E-state index contributed by atoms with van der Waals surface area (Å²) in [4.78, 5) is 38.0. The molecular weight excluding hydrogens is 805 g/mol. The van der Waals surface area contributed by atoms with Crippen molar-refractivity contribution in [2.75, 3.05) is 13.2 Å². The summed E-state index contributed by atoms with van der Waals surface area (Å²) >= 11 is 0. The van der Waals surface area contributed by atoms with Crippen LogP contribution in [0.1, 0.15) is 303 Å². The number of rotatable bonds is 52. The van der Waals surface area contributed by atoms with E-state index < -0.39 is 6.10 Å². The Kier molecular flexibility index (Phi) is 52.3. The maximum absolute atomic E-state index is 12.8. The minimum absolute atomic E-state index is 0.0747. The third-order valence-electron chi connectivity index (χ3n) is 12.6. The molecule has 0 aliphatic carbocycles. The maximum atomic E-state index is 12.8. The molecule has 0 aliphatic rings. The van der Waals surface area contributed by atoms with Crippen molar-refractivity contribution in [3.05, 3.63) is 36.5 Å². The van der Waals surface area contributed by atoms with E-state index in [9.17, 15) is 14.4 Å². The van der Waals surface area contributed by atoms with Crippen molar-refractivity contribution in [1.29, 1.82) is 0 Å². The minimum atomic E-state index is -0.776. The minimum Gasteiger partial charge on any atom is -0.462 e. The number of ether oxygens (including phenoxy) is 3. The largest absolute Gasteiger partial charge is 0.462 e. The first-order valence-corrected chi connectivity index (χ1v) is 28.5. The molecule has 1 atom stereocenters. The van der Waals surface area contributed by atoms with Gasteiger partial charge in [0, 0.05) is 19.3 Å². The molecule has 65 heavy (non-hydrogen) atoms. The summed E-state index contributed by atoms with van der Waals surface area (Å²) in [5.74, 6) is -0.879. The molecule has 0 saturated heterocycles. The lowest BCUT2D eigenvalue weighted by Gasteiger charge is -2.18. The lowest BCUT2D eigenvalue weighted by Crippen LogP contribution is -2.30. The van der Waals surface area contributed by atoms with E-state index in [1.807, 2.05) is 0 Å². The Morgan fingerprint density at radius 2 is 0.585 bits per heavy atom. The van der Waals surface area contributed by atoms with Gasteiger partial charge < -0.3 is 14.2 Å². The number of carbonyl (C=O) groups excluding carboxylic acids is 3. The first-order valence-electron chi connectivity index (χ1n) is 28.5. The highest BCUT2D eigenvalue weighted by atomic mass is 16.6. The highest BCUT2D eigenvalue weighted by molar-refractivity contribution is 5.71. The second kappa shape index (κ2) is 54.2. The monoisotopic (exact) mass is 913 g/mol. The molecule has 1 unspecified atom stereocenters. The quantitative estimate of drug-likeness (QED) is 0.0262. The summed E-state index contributed by atoms with van der Waals surface area (Å²) < 4.78 is 16.8. The van der Waals surface area contributed by atoms with Crippen molar-refractivity contribution in [2.45, 2.75) is 309 Å². The number of allylic oxidation sites excluding steroid dienone is 6. The first kappa shape index (κ1) is 62.6. The van der Waals surface area contributed by atoms with Crippen molar-refractivity contribution >= 4 is 17.9 Å². The van der Waals surface area contributed by atoms with Crippen LogP contribution >= 0.6 is 0 Å². The van der Waals surface area contributed by atoms with E-state index in [1.165, 1.54) is 180 Å². The molecule has 0 fully saturated rings. The standard InChI is InChI=1S/C59H108O6/c1-4-7-10-13-16-19-22-24-26-28-29-30-32-33-35-37-40-43-46-49-52-58(61)64-55-56(54-63-57(60)51-48-45-42-39-21-18-15-12-9-6-3)65-59(62)53-50-47-44-41-38-36-34-31-27-25-23-20-17-14-11-8-5-2/h12,15,17,20,25,27,56H,4-11,13-14,16,18-19,21-24,26,28-55H2,1-3H3/b15-12-,20-17-,27-25-. The summed E-state index contributed by atoms with van der Waals surface area (Å²) in [6.07, 6.45) is 64.3. The van der Waals surface area contributed by atoms with Crippen LogP contribution in [0.15, 0.2) is 36.5 Å². The van der Waals surface area contributed by atoms with Crippen molar-refractivity contribution in [3.8, 4) is 0 Å². The SMILES string of the molecule is CCC/C=C\CCCCCCCC(=O)OCC(COC(=O)CCCCCCCCCCCCCCCCCCCCCC)OC(=O)CCCCCCCCC/C=C\C/C=C\CCCCC. The zero-order valence-electron chi connectivity index (χ0n) is 43.5. The van der Waals surface area contributed by atoms with Gasteiger partial charge in [0.15, 0.2) is 6.10 Å². The van der Waals surface area contributed by atoms with Crippen molar-refractivity contribution < 1.29 is 28.6 Å². The third kappa shape index (κ3) is 52.5. The van der Waals surface area contributed by atoms with Crippen LogP contribution in [0.3, 0.4) is 0 Å². The van der Waals surface area contributed by atoms with Gasteiger partial charge in [-0.3, -0.25) is 14.4 Å².